The van der Waals surface area contributed by atoms with Gasteiger partial charge < -0.3 is 15.5 Å². The van der Waals surface area contributed by atoms with Gasteiger partial charge in [0.25, 0.3) is 0 Å². The van der Waals surface area contributed by atoms with Crippen LogP contribution in [0.2, 0.25) is 0 Å². The molecule has 1 atom stereocenters. The number of anilines is 2. The number of hydrogen-bond acceptors (Lipinski definition) is 5. The molecule has 6 rings (SSSR count). The van der Waals surface area contributed by atoms with Crippen molar-refractivity contribution in [3.63, 3.8) is 0 Å². The molecule has 2 aromatic rings. The zero-order chi connectivity index (χ0) is 22.6. The molecule has 8 heteroatoms. The van der Waals surface area contributed by atoms with Crippen LogP contribution in [0.1, 0.15) is 55.3 Å². The first kappa shape index (κ1) is 20.3. The van der Waals surface area contributed by atoms with Gasteiger partial charge >= 0.3 is 0 Å². The minimum Gasteiger partial charge on any atom is -0.333 e. The van der Waals surface area contributed by atoms with Crippen LogP contribution in [0.4, 0.5) is 11.5 Å². The van der Waals surface area contributed by atoms with E-state index in [1.165, 1.54) is 0 Å². The van der Waals surface area contributed by atoms with Gasteiger partial charge in [-0.15, -0.1) is 0 Å². The third-order valence-electron chi connectivity index (χ3n) is 8.01. The van der Waals surface area contributed by atoms with Crippen molar-refractivity contribution >= 4 is 29.2 Å². The number of hydrogen-bond donors (Lipinski definition) is 2. The van der Waals surface area contributed by atoms with E-state index in [2.05, 4.69) is 20.6 Å². The number of carbonyl (C=O) groups is 3. The highest BCUT2D eigenvalue weighted by Gasteiger charge is 2.51. The largest absolute Gasteiger partial charge is 0.333 e. The molecule has 2 spiro atoms. The number of rotatable bonds is 3. The lowest BCUT2D eigenvalue weighted by Gasteiger charge is -2.39. The molecule has 4 heterocycles. The van der Waals surface area contributed by atoms with Crippen LogP contribution < -0.4 is 10.6 Å². The fourth-order valence-corrected chi connectivity index (χ4v) is 6.38. The normalized spacial score (nSPS) is 24.8. The summed E-state index contributed by atoms with van der Waals surface area (Å²) in [7, 11) is 0. The summed E-state index contributed by atoms with van der Waals surface area (Å²) in [6.07, 6.45) is 10.4. The summed E-state index contributed by atoms with van der Waals surface area (Å²) in [5.41, 5.74) is 2.42. The zero-order valence-electron chi connectivity index (χ0n) is 18.5. The van der Waals surface area contributed by atoms with Crippen LogP contribution in [-0.2, 0) is 32.6 Å². The molecule has 2 N–H and O–H groups in total. The summed E-state index contributed by atoms with van der Waals surface area (Å²) < 4.78 is 0. The highest BCUT2D eigenvalue weighted by atomic mass is 16.2. The maximum Gasteiger partial charge on any atom is 0.244 e. The molecule has 2 fully saturated rings. The van der Waals surface area contributed by atoms with Crippen molar-refractivity contribution in [1.82, 2.24) is 14.9 Å². The van der Waals surface area contributed by atoms with Crippen molar-refractivity contribution in [1.29, 1.82) is 0 Å². The van der Waals surface area contributed by atoms with Gasteiger partial charge in [0, 0.05) is 35.8 Å². The fourth-order valence-electron chi connectivity index (χ4n) is 6.38. The average Bonchev–Trinajstić information content (AvgIpc) is 3.49. The molecule has 1 saturated heterocycles. The fraction of sp³-hybridized carbons (Fsp3) is 0.480. The van der Waals surface area contributed by atoms with Crippen LogP contribution in [0.25, 0.3) is 0 Å². The molecule has 0 aromatic carbocycles. The molecule has 2 aliphatic heterocycles. The molecule has 1 unspecified atom stereocenters. The maximum absolute atomic E-state index is 13.1. The molecular weight excluding hydrogens is 418 g/mol. The number of likely N-dealkylation sites (tertiary alicyclic amines) is 1. The van der Waals surface area contributed by atoms with Crippen LogP contribution in [-0.4, -0.2) is 45.7 Å². The molecule has 3 amide bonds. The maximum atomic E-state index is 13.1. The lowest BCUT2D eigenvalue weighted by molar-refractivity contribution is -0.148. The van der Waals surface area contributed by atoms with Crippen molar-refractivity contribution in [3.8, 4) is 0 Å². The van der Waals surface area contributed by atoms with Crippen molar-refractivity contribution in [3.05, 3.63) is 47.4 Å². The Morgan fingerprint density at radius 2 is 1.94 bits per heavy atom. The number of fused-ring (bicyclic) bond motifs is 3. The van der Waals surface area contributed by atoms with Gasteiger partial charge in [0.05, 0.1) is 23.8 Å². The van der Waals surface area contributed by atoms with Gasteiger partial charge in [-0.25, -0.2) is 4.98 Å². The van der Waals surface area contributed by atoms with Crippen LogP contribution >= 0.6 is 0 Å². The topological polar surface area (TPSA) is 104 Å². The Morgan fingerprint density at radius 1 is 1.12 bits per heavy atom. The summed E-state index contributed by atoms with van der Waals surface area (Å²) in [6.45, 7) is 0.713. The van der Waals surface area contributed by atoms with Gasteiger partial charge in [0.15, 0.2) is 0 Å². The summed E-state index contributed by atoms with van der Waals surface area (Å²) >= 11 is 0. The Kier molecular flexibility index (Phi) is 4.54. The second-order valence-corrected chi connectivity index (χ2v) is 9.99. The SMILES string of the molecule is O=C(CN1CCCC2(CCCC2)C1=O)Nc1cnc2c(c1)CC1(C2)C(=O)Nc2ncccc21. The number of aromatic nitrogens is 2. The summed E-state index contributed by atoms with van der Waals surface area (Å²) in [4.78, 5) is 49.3. The number of amides is 3. The molecule has 170 valence electrons. The van der Waals surface area contributed by atoms with Gasteiger partial charge in [-0.05, 0) is 49.8 Å². The van der Waals surface area contributed by atoms with E-state index in [1.54, 1.807) is 17.3 Å². The van der Waals surface area contributed by atoms with E-state index in [1.807, 2.05) is 18.2 Å². The third kappa shape index (κ3) is 3.14. The number of pyridine rings is 2. The third-order valence-corrected chi connectivity index (χ3v) is 8.01. The summed E-state index contributed by atoms with van der Waals surface area (Å²) in [5.74, 6) is 0.509. The Labute approximate surface area is 192 Å². The Balaban J connectivity index is 1.16. The molecule has 2 aromatic heterocycles. The van der Waals surface area contributed by atoms with E-state index in [9.17, 15) is 14.4 Å². The van der Waals surface area contributed by atoms with Gasteiger partial charge in [-0.1, -0.05) is 18.9 Å². The molecular formula is C25H27N5O3. The minimum absolute atomic E-state index is 0.0516. The highest BCUT2D eigenvalue weighted by Crippen LogP contribution is 2.47. The van der Waals surface area contributed by atoms with Gasteiger partial charge in [-0.2, -0.15) is 0 Å². The van der Waals surface area contributed by atoms with Crippen molar-refractivity contribution in [2.24, 2.45) is 5.41 Å². The summed E-state index contributed by atoms with van der Waals surface area (Å²) in [5, 5.41) is 5.82. The predicted molar refractivity (Wildman–Crippen MR) is 122 cm³/mol. The summed E-state index contributed by atoms with van der Waals surface area (Å²) in [6, 6.07) is 5.70. The first-order chi connectivity index (χ1) is 16.0. The van der Waals surface area contributed by atoms with Gasteiger partial charge in [0.2, 0.25) is 17.7 Å². The van der Waals surface area contributed by atoms with E-state index >= 15 is 0 Å². The van der Waals surface area contributed by atoms with Crippen molar-refractivity contribution < 1.29 is 14.4 Å². The Morgan fingerprint density at radius 3 is 2.79 bits per heavy atom. The average molecular weight is 446 g/mol. The van der Waals surface area contributed by atoms with E-state index in [4.69, 9.17) is 0 Å². The lowest BCUT2D eigenvalue weighted by atomic mass is 9.77. The first-order valence-corrected chi connectivity index (χ1v) is 11.8. The standard InChI is InChI=1S/C25H27N5O3/c31-20(15-30-10-4-8-24(23(30)33)6-1-2-7-24)28-17-11-16-12-25(13-19(16)27-14-17)18-5-3-9-26-21(18)29-22(25)32/h3,5,9,11,14H,1-2,4,6-8,10,12-13,15H2,(H,28,31)(H,26,29,32). The zero-order valence-corrected chi connectivity index (χ0v) is 18.5. The predicted octanol–water partition coefficient (Wildman–Crippen LogP) is 2.59. The van der Waals surface area contributed by atoms with E-state index in [0.717, 1.165) is 55.3 Å². The van der Waals surface area contributed by atoms with E-state index in [-0.39, 0.29) is 29.7 Å². The highest BCUT2D eigenvalue weighted by molar-refractivity contribution is 6.06. The van der Waals surface area contributed by atoms with Crippen LogP contribution in [0.3, 0.4) is 0 Å². The smallest absolute Gasteiger partial charge is 0.244 e. The van der Waals surface area contributed by atoms with Gasteiger partial charge in [0.1, 0.15) is 5.82 Å². The Hall–Kier alpha value is -3.29. The number of nitrogens with one attached hydrogen (secondary N) is 2. The molecule has 2 aliphatic carbocycles. The van der Waals surface area contributed by atoms with Crippen LogP contribution in [0.15, 0.2) is 30.6 Å². The lowest BCUT2D eigenvalue weighted by Crippen LogP contribution is -2.50. The molecule has 33 heavy (non-hydrogen) atoms. The quantitative estimate of drug-likeness (QED) is 0.756. The molecule has 1 saturated carbocycles. The molecule has 0 bridgehead atoms. The minimum atomic E-state index is -0.683. The van der Waals surface area contributed by atoms with Crippen molar-refractivity contribution in [2.45, 2.75) is 56.8 Å². The molecule has 0 radical (unpaired) electrons. The van der Waals surface area contributed by atoms with E-state index < -0.39 is 5.41 Å². The van der Waals surface area contributed by atoms with Crippen LogP contribution in [0, 0.1) is 5.41 Å². The monoisotopic (exact) mass is 445 g/mol. The molecule has 4 aliphatic rings. The molecule has 8 nitrogen and oxygen atoms in total. The number of nitrogens with zero attached hydrogens (tertiary/aromatic N) is 3. The Bertz CT molecular complexity index is 1170. The van der Waals surface area contributed by atoms with Crippen LogP contribution in [0.5, 0.6) is 0 Å². The van der Waals surface area contributed by atoms with Crippen molar-refractivity contribution in [2.75, 3.05) is 23.7 Å². The second-order valence-electron chi connectivity index (χ2n) is 9.99. The van der Waals surface area contributed by atoms with E-state index in [0.29, 0.717) is 30.9 Å². The number of carbonyl (C=O) groups excluding carboxylic acids is 3. The van der Waals surface area contributed by atoms with Gasteiger partial charge in [-0.3, -0.25) is 19.4 Å². The second kappa shape index (κ2) is 7.37. The number of piperidine rings is 1. The first-order valence-electron chi connectivity index (χ1n) is 11.8.